The minimum Gasteiger partial charge on any atom is -0.479 e. The fraction of sp³-hybridized carbons (Fsp3) is 0.227. The molecule has 3 rings (SSSR count). The Morgan fingerprint density at radius 1 is 1.13 bits per heavy atom. The number of hydrogen-bond acceptors (Lipinski definition) is 7. The van der Waals surface area contributed by atoms with Gasteiger partial charge in [0, 0.05) is 33.8 Å². The van der Waals surface area contributed by atoms with Crippen LogP contribution in [0.1, 0.15) is 19.4 Å². The van der Waals surface area contributed by atoms with Gasteiger partial charge in [-0.05, 0) is 44.2 Å². The molecule has 1 atom stereocenters. The Bertz CT molecular complexity index is 1160. The summed E-state index contributed by atoms with van der Waals surface area (Å²) >= 11 is 5.91. The SMILES string of the molecule is CCOC(=O)Nc1ccc2c(COC(=O)C(C)Oc3cccc(Cl)c3)cc(=O)oc2c1. The second-order valence-corrected chi connectivity index (χ2v) is 6.91. The summed E-state index contributed by atoms with van der Waals surface area (Å²) in [5, 5.41) is 3.58. The Labute approximate surface area is 182 Å². The summed E-state index contributed by atoms with van der Waals surface area (Å²) < 4.78 is 20.9. The molecule has 0 bridgehead atoms. The molecule has 162 valence electrons. The van der Waals surface area contributed by atoms with Gasteiger partial charge in [-0.1, -0.05) is 17.7 Å². The number of ether oxygens (including phenoxy) is 3. The molecule has 1 aromatic heterocycles. The molecule has 3 aromatic rings. The van der Waals surface area contributed by atoms with Crippen molar-refractivity contribution in [3.8, 4) is 5.75 Å². The van der Waals surface area contributed by atoms with Crippen LogP contribution in [0.3, 0.4) is 0 Å². The molecular weight excluding hydrogens is 426 g/mol. The summed E-state index contributed by atoms with van der Waals surface area (Å²) in [6.07, 6.45) is -1.51. The number of nitrogens with one attached hydrogen (secondary N) is 1. The number of carbonyl (C=O) groups is 2. The van der Waals surface area contributed by atoms with Gasteiger partial charge in [0.05, 0.1) is 6.61 Å². The van der Waals surface area contributed by atoms with Gasteiger partial charge in [-0.3, -0.25) is 5.32 Å². The van der Waals surface area contributed by atoms with E-state index in [9.17, 15) is 14.4 Å². The molecule has 0 aliphatic rings. The van der Waals surface area contributed by atoms with Crippen LogP contribution in [0, 0.1) is 0 Å². The fourth-order valence-electron chi connectivity index (χ4n) is 2.77. The Hall–Kier alpha value is -3.52. The first-order valence-electron chi connectivity index (χ1n) is 9.45. The lowest BCUT2D eigenvalue weighted by Crippen LogP contribution is -2.26. The van der Waals surface area contributed by atoms with Crippen molar-refractivity contribution in [2.24, 2.45) is 0 Å². The predicted octanol–water partition coefficient (Wildman–Crippen LogP) is 4.53. The second-order valence-electron chi connectivity index (χ2n) is 6.47. The van der Waals surface area contributed by atoms with E-state index in [1.165, 1.54) is 12.1 Å². The van der Waals surface area contributed by atoms with E-state index in [2.05, 4.69) is 5.32 Å². The highest BCUT2D eigenvalue weighted by atomic mass is 35.5. The van der Waals surface area contributed by atoms with Crippen LogP contribution in [0.4, 0.5) is 10.5 Å². The third-order valence-corrected chi connectivity index (χ3v) is 4.40. The Morgan fingerprint density at radius 2 is 1.94 bits per heavy atom. The Morgan fingerprint density at radius 3 is 2.68 bits per heavy atom. The van der Waals surface area contributed by atoms with Crippen LogP contribution in [-0.2, 0) is 20.9 Å². The molecule has 0 aliphatic heterocycles. The standard InChI is InChI=1S/C22H20ClNO7/c1-3-28-22(27)24-16-7-8-18-14(9-20(25)31-19(18)11-16)12-29-21(26)13(2)30-17-6-4-5-15(23)10-17/h4-11,13H,3,12H2,1-2H3,(H,24,27). The van der Waals surface area contributed by atoms with Crippen LogP contribution in [0.5, 0.6) is 5.75 Å². The van der Waals surface area contributed by atoms with Gasteiger partial charge in [0.15, 0.2) is 6.10 Å². The summed E-state index contributed by atoms with van der Waals surface area (Å²) in [6.45, 7) is 3.31. The molecule has 0 saturated carbocycles. The van der Waals surface area contributed by atoms with Gasteiger partial charge in [0.25, 0.3) is 0 Å². The lowest BCUT2D eigenvalue weighted by molar-refractivity contribution is -0.152. The third kappa shape index (κ3) is 5.99. The van der Waals surface area contributed by atoms with Crippen LogP contribution in [0.15, 0.2) is 57.7 Å². The van der Waals surface area contributed by atoms with Crippen molar-refractivity contribution in [1.29, 1.82) is 0 Å². The largest absolute Gasteiger partial charge is 0.479 e. The van der Waals surface area contributed by atoms with E-state index < -0.39 is 23.8 Å². The minimum atomic E-state index is -0.884. The number of fused-ring (bicyclic) bond motifs is 1. The molecule has 0 radical (unpaired) electrons. The van der Waals surface area contributed by atoms with Gasteiger partial charge in [0.2, 0.25) is 0 Å². The van der Waals surface area contributed by atoms with E-state index in [0.29, 0.717) is 27.4 Å². The maximum absolute atomic E-state index is 12.3. The number of carbonyl (C=O) groups excluding carboxylic acids is 2. The van der Waals surface area contributed by atoms with Crippen LogP contribution in [-0.4, -0.2) is 24.8 Å². The lowest BCUT2D eigenvalue weighted by Gasteiger charge is -2.14. The summed E-state index contributed by atoms with van der Waals surface area (Å²) in [5.74, 6) is -0.175. The average molecular weight is 446 g/mol. The van der Waals surface area contributed by atoms with E-state index in [4.69, 9.17) is 30.2 Å². The van der Waals surface area contributed by atoms with Crippen molar-refractivity contribution in [2.45, 2.75) is 26.6 Å². The van der Waals surface area contributed by atoms with E-state index in [1.54, 1.807) is 50.2 Å². The molecule has 0 fully saturated rings. The average Bonchev–Trinajstić information content (AvgIpc) is 2.71. The van der Waals surface area contributed by atoms with E-state index >= 15 is 0 Å². The molecule has 0 aliphatic carbocycles. The fourth-order valence-corrected chi connectivity index (χ4v) is 2.95. The summed E-state index contributed by atoms with van der Waals surface area (Å²) in [5.41, 5.74) is 0.468. The lowest BCUT2D eigenvalue weighted by atomic mass is 10.1. The van der Waals surface area contributed by atoms with Gasteiger partial charge in [-0.2, -0.15) is 0 Å². The van der Waals surface area contributed by atoms with Crippen molar-refractivity contribution >= 4 is 40.3 Å². The molecule has 8 nitrogen and oxygen atoms in total. The first-order chi connectivity index (χ1) is 14.9. The number of amides is 1. The zero-order valence-electron chi connectivity index (χ0n) is 16.8. The summed E-state index contributed by atoms with van der Waals surface area (Å²) in [6, 6.07) is 12.7. The zero-order valence-corrected chi connectivity index (χ0v) is 17.6. The van der Waals surface area contributed by atoms with Crippen LogP contribution in [0.25, 0.3) is 11.0 Å². The number of anilines is 1. The van der Waals surface area contributed by atoms with Crippen LogP contribution in [0.2, 0.25) is 5.02 Å². The van der Waals surface area contributed by atoms with Gasteiger partial charge in [0.1, 0.15) is 17.9 Å². The second kappa shape index (κ2) is 9.99. The van der Waals surface area contributed by atoms with Crippen LogP contribution < -0.4 is 15.7 Å². The Balaban J connectivity index is 1.71. The first-order valence-corrected chi connectivity index (χ1v) is 9.83. The topological polar surface area (TPSA) is 104 Å². The van der Waals surface area contributed by atoms with E-state index in [-0.39, 0.29) is 18.8 Å². The maximum Gasteiger partial charge on any atom is 0.411 e. The molecule has 31 heavy (non-hydrogen) atoms. The number of esters is 1. The molecule has 0 spiro atoms. The summed E-state index contributed by atoms with van der Waals surface area (Å²) in [7, 11) is 0. The quantitative estimate of drug-likeness (QED) is 0.421. The van der Waals surface area contributed by atoms with Crippen LogP contribution >= 0.6 is 11.6 Å². The summed E-state index contributed by atoms with van der Waals surface area (Å²) in [4.78, 5) is 35.8. The molecule has 1 N–H and O–H groups in total. The number of rotatable bonds is 7. The number of halogens is 1. The highest BCUT2D eigenvalue weighted by molar-refractivity contribution is 6.30. The van der Waals surface area contributed by atoms with Gasteiger partial charge in [-0.25, -0.2) is 14.4 Å². The van der Waals surface area contributed by atoms with E-state index in [1.807, 2.05) is 0 Å². The molecule has 9 heteroatoms. The third-order valence-electron chi connectivity index (χ3n) is 4.16. The van der Waals surface area contributed by atoms with E-state index in [0.717, 1.165) is 0 Å². The van der Waals surface area contributed by atoms with Crippen molar-refractivity contribution in [3.63, 3.8) is 0 Å². The molecule has 1 heterocycles. The van der Waals surface area contributed by atoms with Gasteiger partial charge < -0.3 is 18.6 Å². The van der Waals surface area contributed by atoms with Crippen molar-refractivity contribution < 1.29 is 28.2 Å². The molecule has 2 aromatic carbocycles. The van der Waals surface area contributed by atoms with Gasteiger partial charge in [-0.15, -0.1) is 0 Å². The van der Waals surface area contributed by atoms with Crippen molar-refractivity contribution in [1.82, 2.24) is 0 Å². The van der Waals surface area contributed by atoms with Crippen molar-refractivity contribution in [3.05, 3.63) is 69.5 Å². The number of benzene rings is 2. The molecule has 0 saturated heterocycles. The molecule has 1 amide bonds. The normalized spacial score (nSPS) is 11.6. The maximum atomic E-state index is 12.3. The minimum absolute atomic E-state index is 0.158. The Kier molecular flexibility index (Phi) is 7.15. The van der Waals surface area contributed by atoms with Gasteiger partial charge >= 0.3 is 17.7 Å². The monoisotopic (exact) mass is 445 g/mol. The highest BCUT2D eigenvalue weighted by Crippen LogP contribution is 2.23. The predicted molar refractivity (Wildman–Crippen MR) is 114 cm³/mol. The van der Waals surface area contributed by atoms with Crippen molar-refractivity contribution in [2.75, 3.05) is 11.9 Å². The first kappa shape index (κ1) is 22.2. The smallest absolute Gasteiger partial charge is 0.411 e. The number of hydrogen-bond donors (Lipinski definition) is 1. The zero-order chi connectivity index (χ0) is 22.4. The highest BCUT2D eigenvalue weighted by Gasteiger charge is 2.18. The molecular formula is C22H20ClNO7. The molecule has 1 unspecified atom stereocenters.